The number of aromatic nitrogens is 5. The summed E-state index contributed by atoms with van der Waals surface area (Å²) in [6.45, 7) is 5.17. The second kappa shape index (κ2) is 9.27. The molecule has 3 aromatic heterocycles. The molecular weight excluding hydrogens is 454 g/mol. The van der Waals surface area contributed by atoms with Crippen molar-refractivity contribution in [2.24, 2.45) is 0 Å². The number of H-pyrrole nitrogens is 1. The van der Waals surface area contributed by atoms with E-state index in [9.17, 15) is 4.79 Å². The summed E-state index contributed by atoms with van der Waals surface area (Å²) in [5, 5.41) is 12.3. The predicted octanol–water partition coefficient (Wildman–Crippen LogP) is 3.33. The Hall–Kier alpha value is -3.92. The highest BCUT2D eigenvalue weighted by Crippen LogP contribution is 2.35. The van der Waals surface area contributed by atoms with E-state index < -0.39 is 0 Å². The normalized spacial score (nSPS) is 18.8. The van der Waals surface area contributed by atoms with Gasteiger partial charge in [-0.15, -0.1) is 0 Å². The number of hydrogen-bond donors (Lipinski definition) is 3. The fourth-order valence-electron chi connectivity index (χ4n) is 5.13. The molecule has 0 spiro atoms. The van der Waals surface area contributed by atoms with Crippen LogP contribution in [0.4, 0.5) is 17.5 Å². The first-order valence-electron chi connectivity index (χ1n) is 12.5. The lowest BCUT2D eigenvalue weighted by atomic mass is 10.1. The average Bonchev–Trinajstić information content (AvgIpc) is 3.64. The summed E-state index contributed by atoms with van der Waals surface area (Å²) >= 11 is 0. The van der Waals surface area contributed by atoms with Crippen molar-refractivity contribution in [3.05, 3.63) is 60.0 Å². The number of piperazine rings is 1. The van der Waals surface area contributed by atoms with Gasteiger partial charge in [0.15, 0.2) is 0 Å². The van der Waals surface area contributed by atoms with Gasteiger partial charge in [0.1, 0.15) is 17.5 Å². The zero-order valence-electron chi connectivity index (χ0n) is 20.6. The number of likely N-dealkylation sites (N-methyl/N-ethyl adjacent to an activating group) is 1. The largest absolute Gasteiger partial charge is 0.363 e. The minimum Gasteiger partial charge on any atom is -0.363 e. The van der Waals surface area contributed by atoms with Gasteiger partial charge in [-0.1, -0.05) is 24.3 Å². The molecular formula is C26H31N9O. The smallest absolute Gasteiger partial charge is 0.247 e. The number of carbonyl (C=O) groups excluding carboxylic acids is 1. The molecule has 10 nitrogen and oxygen atoms in total. The molecule has 1 aliphatic carbocycles. The lowest BCUT2D eigenvalue weighted by Crippen LogP contribution is -2.49. The number of nitrogens with one attached hydrogen (secondary N) is 3. The molecule has 10 heteroatoms. The predicted molar refractivity (Wildman–Crippen MR) is 139 cm³/mol. The van der Waals surface area contributed by atoms with Gasteiger partial charge < -0.3 is 25.4 Å². The van der Waals surface area contributed by atoms with E-state index in [1.54, 1.807) is 10.9 Å². The minimum atomic E-state index is -0.379. The van der Waals surface area contributed by atoms with Gasteiger partial charge in [-0.3, -0.25) is 9.48 Å². The monoisotopic (exact) mass is 485 g/mol. The highest BCUT2D eigenvalue weighted by Gasteiger charge is 2.26. The molecule has 2 aliphatic rings. The quantitative estimate of drug-likeness (QED) is 0.385. The maximum atomic E-state index is 13.0. The van der Waals surface area contributed by atoms with Crippen LogP contribution in [0, 0.1) is 0 Å². The van der Waals surface area contributed by atoms with Crippen LogP contribution in [0.5, 0.6) is 0 Å². The number of fused-ring (bicyclic) bond motifs is 2. The summed E-state index contributed by atoms with van der Waals surface area (Å²) in [6, 6.07) is 10.4. The topological polar surface area (TPSA) is 107 Å². The second-order valence-corrected chi connectivity index (χ2v) is 9.71. The standard InChI is InChI=1S/C26H31N9O/c1-17(25(36)34-13-11-33(2)12-14-34)35-16-19(15-28-35)29-26-31-23-21(9-10-27-23)24(32-26)30-22-8-7-18-5-3-4-6-20(18)22/h3-6,9-10,15-17,22H,7-8,11-14H2,1-2H3,(H3,27,29,30,31,32). The van der Waals surface area contributed by atoms with Crippen molar-refractivity contribution in [2.45, 2.75) is 31.8 Å². The molecule has 36 heavy (non-hydrogen) atoms. The van der Waals surface area contributed by atoms with Gasteiger partial charge in [0.25, 0.3) is 0 Å². The summed E-state index contributed by atoms with van der Waals surface area (Å²) in [5.74, 6) is 1.35. The van der Waals surface area contributed by atoms with E-state index in [4.69, 9.17) is 4.98 Å². The van der Waals surface area contributed by atoms with E-state index in [2.05, 4.69) is 61.9 Å². The fraction of sp³-hybridized carbons (Fsp3) is 0.385. The molecule has 1 saturated heterocycles. The Balaban J connectivity index is 1.19. The van der Waals surface area contributed by atoms with E-state index >= 15 is 0 Å². The maximum Gasteiger partial charge on any atom is 0.247 e. The number of rotatable bonds is 6. The van der Waals surface area contributed by atoms with Crippen molar-refractivity contribution in [1.82, 2.24) is 34.5 Å². The van der Waals surface area contributed by atoms with Gasteiger partial charge >= 0.3 is 0 Å². The summed E-state index contributed by atoms with van der Waals surface area (Å²) in [7, 11) is 2.08. The Bertz CT molecular complexity index is 1390. The molecule has 0 saturated carbocycles. The Morgan fingerprint density at radius 1 is 1.14 bits per heavy atom. The number of anilines is 3. The van der Waals surface area contributed by atoms with Gasteiger partial charge in [-0.25, -0.2) is 0 Å². The van der Waals surface area contributed by atoms with Crippen molar-refractivity contribution in [1.29, 1.82) is 0 Å². The van der Waals surface area contributed by atoms with Crippen molar-refractivity contribution in [2.75, 3.05) is 43.9 Å². The number of benzene rings is 1. The van der Waals surface area contributed by atoms with Crippen LogP contribution < -0.4 is 10.6 Å². The molecule has 1 amide bonds. The third kappa shape index (κ3) is 4.28. The molecule has 1 aromatic carbocycles. The SMILES string of the molecule is CC(C(=O)N1CCN(C)CC1)n1cc(Nc2nc(NC3CCc4ccccc43)c3cc[nH]c3n2)cn1. The highest BCUT2D eigenvalue weighted by atomic mass is 16.2. The fourth-order valence-corrected chi connectivity index (χ4v) is 5.13. The first-order valence-corrected chi connectivity index (χ1v) is 12.5. The van der Waals surface area contributed by atoms with Crippen LogP contribution in [0.15, 0.2) is 48.9 Å². The number of nitrogens with zero attached hydrogens (tertiary/aromatic N) is 6. The number of hydrogen-bond acceptors (Lipinski definition) is 7. The average molecular weight is 486 g/mol. The number of aromatic amines is 1. The van der Waals surface area contributed by atoms with Crippen LogP contribution in [0.25, 0.3) is 11.0 Å². The van der Waals surface area contributed by atoms with Crippen LogP contribution in [0.1, 0.15) is 36.6 Å². The van der Waals surface area contributed by atoms with Crippen LogP contribution in [0.3, 0.4) is 0 Å². The zero-order valence-corrected chi connectivity index (χ0v) is 20.6. The van der Waals surface area contributed by atoms with Crippen molar-refractivity contribution in [3.63, 3.8) is 0 Å². The molecule has 2 atom stereocenters. The Morgan fingerprint density at radius 3 is 2.83 bits per heavy atom. The third-order valence-corrected chi connectivity index (χ3v) is 7.29. The third-order valence-electron chi connectivity index (χ3n) is 7.29. The molecule has 3 N–H and O–H groups in total. The van der Waals surface area contributed by atoms with Gasteiger partial charge in [0.2, 0.25) is 11.9 Å². The van der Waals surface area contributed by atoms with Crippen molar-refractivity contribution >= 4 is 34.4 Å². The Kier molecular flexibility index (Phi) is 5.80. The summed E-state index contributed by atoms with van der Waals surface area (Å²) in [5.41, 5.74) is 4.21. The van der Waals surface area contributed by atoms with Crippen LogP contribution in [-0.4, -0.2) is 73.7 Å². The molecule has 4 heterocycles. The van der Waals surface area contributed by atoms with E-state index in [-0.39, 0.29) is 18.0 Å². The van der Waals surface area contributed by atoms with E-state index in [0.717, 1.165) is 61.6 Å². The molecule has 0 radical (unpaired) electrons. The molecule has 4 aromatic rings. The first-order chi connectivity index (χ1) is 17.5. The first kappa shape index (κ1) is 22.5. The van der Waals surface area contributed by atoms with E-state index in [1.807, 2.05) is 30.3 Å². The van der Waals surface area contributed by atoms with Crippen LogP contribution in [0.2, 0.25) is 0 Å². The molecule has 1 fully saturated rings. The Morgan fingerprint density at radius 2 is 1.97 bits per heavy atom. The van der Waals surface area contributed by atoms with Crippen molar-refractivity contribution < 1.29 is 4.79 Å². The molecule has 0 bridgehead atoms. The summed E-state index contributed by atoms with van der Waals surface area (Å²) in [6.07, 6.45) is 7.51. The van der Waals surface area contributed by atoms with Gasteiger partial charge in [-0.2, -0.15) is 15.1 Å². The Labute approximate surface area is 209 Å². The number of amides is 1. The lowest BCUT2D eigenvalue weighted by Gasteiger charge is -2.33. The highest BCUT2D eigenvalue weighted by molar-refractivity contribution is 5.88. The zero-order chi connectivity index (χ0) is 24.6. The summed E-state index contributed by atoms with van der Waals surface area (Å²) < 4.78 is 1.70. The van der Waals surface area contributed by atoms with Crippen LogP contribution >= 0.6 is 0 Å². The van der Waals surface area contributed by atoms with Gasteiger partial charge in [0, 0.05) is 38.6 Å². The summed E-state index contributed by atoms with van der Waals surface area (Å²) in [4.78, 5) is 29.8. The number of carbonyl (C=O) groups is 1. The molecule has 2 unspecified atom stereocenters. The molecule has 1 aliphatic heterocycles. The molecule has 186 valence electrons. The van der Waals surface area contributed by atoms with E-state index in [1.165, 1.54) is 11.1 Å². The van der Waals surface area contributed by atoms with E-state index in [0.29, 0.717) is 5.95 Å². The van der Waals surface area contributed by atoms with Crippen molar-refractivity contribution in [3.8, 4) is 0 Å². The lowest BCUT2D eigenvalue weighted by molar-refractivity contribution is -0.136. The maximum absolute atomic E-state index is 13.0. The number of aryl methyl sites for hydroxylation is 1. The second-order valence-electron chi connectivity index (χ2n) is 9.71. The van der Waals surface area contributed by atoms with Crippen LogP contribution in [-0.2, 0) is 11.2 Å². The molecule has 6 rings (SSSR count). The van der Waals surface area contributed by atoms with Gasteiger partial charge in [-0.05, 0) is 44.0 Å². The van der Waals surface area contributed by atoms with Gasteiger partial charge in [0.05, 0.1) is 23.3 Å². The minimum absolute atomic E-state index is 0.0881.